The Morgan fingerprint density at radius 2 is 2.00 bits per heavy atom. The maximum Gasteiger partial charge on any atom is 0.240 e. The van der Waals surface area contributed by atoms with Crippen LogP contribution in [0.5, 0.6) is 0 Å². The average molecular weight is 296 g/mol. The van der Waals surface area contributed by atoms with E-state index in [4.69, 9.17) is 4.74 Å². The van der Waals surface area contributed by atoms with E-state index in [0.717, 1.165) is 17.0 Å². The molecule has 1 aromatic heterocycles. The smallest absolute Gasteiger partial charge is 0.240 e. The number of carbonyl (C=O) groups is 1. The van der Waals surface area contributed by atoms with Gasteiger partial charge < -0.3 is 9.64 Å². The summed E-state index contributed by atoms with van der Waals surface area (Å²) in [5.74, 6) is 0.111. The molecule has 0 spiro atoms. The summed E-state index contributed by atoms with van der Waals surface area (Å²) in [5, 5.41) is 4.42. The van der Waals surface area contributed by atoms with Crippen LogP contribution < -0.4 is 0 Å². The number of amides is 1. The maximum atomic E-state index is 12.6. The molecule has 0 aliphatic heterocycles. The topological polar surface area (TPSA) is 50.6 Å². The van der Waals surface area contributed by atoms with Gasteiger partial charge in [0, 0.05) is 38.5 Å². The monoisotopic (exact) mass is 296 g/mol. The molecule has 0 aliphatic rings. The van der Waals surface area contributed by atoms with Crippen LogP contribution in [0.1, 0.15) is 23.9 Å². The lowest BCUT2D eigenvalue weighted by molar-refractivity contribution is -0.136. The van der Waals surface area contributed by atoms with E-state index in [2.05, 4.69) is 5.10 Å². The molecule has 0 radical (unpaired) electrons. The van der Waals surface area contributed by atoms with E-state index in [1.165, 1.54) is 0 Å². The Kier molecular flexibility index (Phi) is 6.36. The zero-order valence-corrected chi connectivity index (χ0v) is 14.3. The second kappa shape index (κ2) is 7.56. The molecule has 1 amide bonds. The predicted molar refractivity (Wildman–Crippen MR) is 83.1 cm³/mol. The number of hydrogen-bond acceptors (Lipinski definition) is 4. The van der Waals surface area contributed by atoms with E-state index in [1.807, 2.05) is 56.4 Å². The highest BCUT2D eigenvalue weighted by Crippen LogP contribution is 2.16. The molecule has 6 heteroatoms. The number of aryl methyl sites for hydroxylation is 2. The van der Waals surface area contributed by atoms with Crippen molar-refractivity contribution in [2.75, 3.05) is 34.4 Å². The molecule has 21 heavy (non-hydrogen) atoms. The molecule has 1 rings (SSSR count). The second-order valence-electron chi connectivity index (χ2n) is 5.67. The van der Waals surface area contributed by atoms with E-state index >= 15 is 0 Å². The first-order valence-electron chi connectivity index (χ1n) is 7.22. The van der Waals surface area contributed by atoms with E-state index in [-0.39, 0.29) is 11.9 Å². The molecule has 0 N–H and O–H groups in total. The lowest BCUT2D eigenvalue weighted by atomic mass is 10.1. The number of nitrogens with zero attached hydrogens (tertiary/aromatic N) is 4. The van der Waals surface area contributed by atoms with Crippen molar-refractivity contribution in [1.29, 1.82) is 0 Å². The fourth-order valence-corrected chi connectivity index (χ4v) is 2.19. The summed E-state index contributed by atoms with van der Waals surface area (Å²) in [6.45, 7) is 7.63. The fraction of sp³-hybridized carbons (Fsp3) is 0.733. The molecule has 1 aromatic rings. The average Bonchev–Trinajstić information content (AvgIpc) is 2.67. The van der Waals surface area contributed by atoms with Crippen LogP contribution >= 0.6 is 0 Å². The number of aromatic nitrogens is 2. The van der Waals surface area contributed by atoms with E-state index in [1.54, 1.807) is 7.11 Å². The summed E-state index contributed by atoms with van der Waals surface area (Å²) >= 11 is 0. The van der Waals surface area contributed by atoms with Crippen molar-refractivity contribution in [3.63, 3.8) is 0 Å². The summed E-state index contributed by atoms with van der Waals surface area (Å²) in [4.78, 5) is 16.4. The zero-order valence-electron chi connectivity index (χ0n) is 14.3. The zero-order chi connectivity index (χ0) is 16.2. The summed E-state index contributed by atoms with van der Waals surface area (Å²) in [7, 11) is 7.41. The quantitative estimate of drug-likeness (QED) is 0.752. The first-order valence-corrected chi connectivity index (χ1v) is 7.22. The molecule has 0 unspecified atom stereocenters. The van der Waals surface area contributed by atoms with Crippen LogP contribution in [0.15, 0.2) is 0 Å². The van der Waals surface area contributed by atoms with Gasteiger partial charge in [-0.3, -0.25) is 14.4 Å². The van der Waals surface area contributed by atoms with Gasteiger partial charge in [0.15, 0.2) is 0 Å². The van der Waals surface area contributed by atoms with Gasteiger partial charge in [-0.05, 0) is 34.9 Å². The highest BCUT2D eigenvalue weighted by atomic mass is 16.5. The van der Waals surface area contributed by atoms with Crippen LogP contribution in [-0.4, -0.2) is 65.9 Å². The van der Waals surface area contributed by atoms with Crippen molar-refractivity contribution in [2.24, 2.45) is 7.05 Å². The molecule has 1 atom stereocenters. The lowest BCUT2D eigenvalue weighted by Crippen LogP contribution is -2.45. The maximum absolute atomic E-state index is 12.6. The summed E-state index contributed by atoms with van der Waals surface area (Å²) < 4.78 is 7.00. The predicted octanol–water partition coefficient (Wildman–Crippen LogP) is 0.962. The van der Waals surface area contributed by atoms with Gasteiger partial charge in [0.1, 0.15) is 0 Å². The Bertz CT molecular complexity index is 482. The Morgan fingerprint density at radius 3 is 2.43 bits per heavy atom. The number of ether oxygens (including phenoxy) is 1. The van der Waals surface area contributed by atoms with Crippen molar-refractivity contribution >= 4 is 5.91 Å². The van der Waals surface area contributed by atoms with Crippen LogP contribution in [0.4, 0.5) is 0 Å². The summed E-state index contributed by atoms with van der Waals surface area (Å²) in [5.41, 5.74) is 3.19. The standard InChI is InChI=1S/C15H28N4O2/c1-11-14(12(2)18(6)16-11)10-19(8-9-21-7)15(20)13(3)17(4)5/h13H,8-10H2,1-7H3/t13-/m1/s1. The molecule has 0 fully saturated rings. The number of hydrogen-bond donors (Lipinski definition) is 0. The first kappa shape index (κ1) is 17.7. The van der Waals surface area contributed by atoms with E-state index in [9.17, 15) is 4.79 Å². The van der Waals surface area contributed by atoms with Crippen LogP contribution in [0.25, 0.3) is 0 Å². The van der Waals surface area contributed by atoms with Gasteiger partial charge in [-0.1, -0.05) is 0 Å². The Morgan fingerprint density at radius 1 is 1.38 bits per heavy atom. The van der Waals surface area contributed by atoms with Gasteiger partial charge in [0.2, 0.25) is 5.91 Å². The van der Waals surface area contributed by atoms with Crippen molar-refractivity contribution in [1.82, 2.24) is 19.6 Å². The molecule has 0 bridgehead atoms. The minimum Gasteiger partial charge on any atom is -0.383 e. The highest BCUT2D eigenvalue weighted by Gasteiger charge is 2.24. The molecule has 1 heterocycles. The molecule has 0 saturated carbocycles. The third-order valence-electron chi connectivity index (χ3n) is 4.02. The molecule has 0 saturated heterocycles. The summed E-state index contributed by atoms with van der Waals surface area (Å²) in [6, 6.07) is -0.154. The number of likely N-dealkylation sites (N-methyl/N-ethyl adjacent to an activating group) is 1. The van der Waals surface area contributed by atoms with Gasteiger partial charge in [-0.25, -0.2) is 0 Å². The van der Waals surface area contributed by atoms with Gasteiger partial charge in [0.05, 0.1) is 18.3 Å². The van der Waals surface area contributed by atoms with E-state index in [0.29, 0.717) is 19.7 Å². The van der Waals surface area contributed by atoms with Gasteiger partial charge >= 0.3 is 0 Å². The first-order chi connectivity index (χ1) is 9.79. The Balaban J connectivity index is 2.95. The van der Waals surface area contributed by atoms with Crippen LogP contribution in [0, 0.1) is 13.8 Å². The number of rotatable bonds is 7. The second-order valence-corrected chi connectivity index (χ2v) is 5.67. The third-order valence-corrected chi connectivity index (χ3v) is 4.02. The highest BCUT2D eigenvalue weighted by molar-refractivity contribution is 5.81. The Labute approximate surface area is 127 Å². The third kappa shape index (κ3) is 4.28. The Hall–Kier alpha value is -1.40. The van der Waals surface area contributed by atoms with Gasteiger partial charge in [0.25, 0.3) is 0 Å². The molecule has 0 aliphatic carbocycles. The minimum atomic E-state index is -0.154. The molecule has 120 valence electrons. The van der Waals surface area contributed by atoms with Gasteiger partial charge in [-0.15, -0.1) is 0 Å². The van der Waals surface area contributed by atoms with Crippen molar-refractivity contribution < 1.29 is 9.53 Å². The number of methoxy groups -OCH3 is 1. The normalized spacial score (nSPS) is 12.8. The number of carbonyl (C=O) groups excluding carboxylic acids is 1. The molecular formula is C15H28N4O2. The van der Waals surface area contributed by atoms with Crippen molar-refractivity contribution in [3.05, 3.63) is 17.0 Å². The SMILES string of the molecule is COCCN(Cc1c(C)nn(C)c1C)C(=O)[C@@H](C)N(C)C. The van der Waals surface area contributed by atoms with Crippen molar-refractivity contribution in [2.45, 2.75) is 33.4 Å². The molecular weight excluding hydrogens is 268 g/mol. The van der Waals surface area contributed by atoms with E-state index < -0.39 is 0 Å². The fourth-order valence-electron chi connectivity index (χ4n) is 2.19. The van der Waals surface area contributed by atoms with Crippen molar-refractivity contribution in [3.8, 4) is 0 Å². The largest absolute Gasteiger partial charge is 0.383 e. The van der Waals surface area contributed by atoms with Crippen LogP contribution in [0.3, 0.4) is 0 Å². The van der Waals surface area contributed by atoms with Crippen LogP contribution in [0.2, 0.25) is 0 Å². The van der Waals surface area contributed by atoms with Gasteiger partial charge in [-0.2, -0.15) is 5.10 Å². The van der Waals surface area contributed by atoms with Crippen LogP contribution in [-0.2, 0) is 23.1 Å². The minimum absolute atomic E-state index is 0.111. The lowest BCUT2D eigenvalue weighted by Gasteiger charge is -2.28. The summed E-state index contributed by atoms with van der Waals surface area (Å²) in [6.07, 6.45) is 0. The molecule has 0 aromatic carbocycles. The molecule has 6 nitrogen and oxygen atoms in total.